The van der Waals surface area contributed by atoms with Gasteiger partial charge in [0.2, 0.25) is 5.91 Å². The monoisotopic (exact) mass is 292 g/mol. The van der Waals surface area contributed by atoms with Crippen LogP contribution in [0.1, 0.15) is 33.1 Å². The Morgan fingerprint density at radius 2 is 2.38 bits per heavy atom. The van der Waals surface area contributed by atoms with Crippen LogP contribution in [0.3, 0.4) is 0 Å². The molecule has 0 aliphatic carbocycles. The van der Waals surface area contributed by atoms with Crippen molar-refractivity contribution in [1.29, 1.82) is 0 Å². The summed E-state index contributed by atoms with van der Waals surface area (Å²) in [6, 6.07) is 0. The Morgan fingerprint density at radius 3 is 3.05 bits per heavy atom. The Hall–Kier alpha value is -1.36. The highest BCUT2D eigenvalue weighted by Gasteiger charge is 2.22. The number of nitrogens with one attached hydrogen (secondary N) is 2. The van der Waals surface area contributed by atoms with Crippen LogP contribution in [0.5, 0.6) is 0 Å². The Balaban J connectivity index is 1.64. The highest BCUT2D eigenvalue weighted by Crippen LogP contribution is 2.22. The second-order valence-electron chi connectivity index (χ2n) is 6.46. The van der Waals surface area contributed by atoms with E-state index in [4.69, 9.17) is 0 Å². The highest BCUT2D eigenvalue weighted by atomic mass is 16.1. The van der Waals surface area contributed by atoms with Crippen LogP contribution in [0.2, 0.25) is 0 Å². The smallest absolute Gasteiger partial charge is 0.220 e. The lowest BCUT2D eigenvalue weighted by atomic mass is 9.85. The molecule has 5 heteroatoms. The highest BCUT2D eigenvalue weighted by molar-refractivity contribution is 5.76. The maximum absolute atomic E-state index is 12.1. The Morgan fingerprint density at radius 1 is 1.52 bits per heavy atom. The zero-order chi connectivity index (χ0) is 15.1. The van der Waals surface area contributed by atoms with Gasteiger partial charge in [-0.1, -0.05) is 13.8 Å². The summed E-state index contributed by atoms with van der Waals surface area (Å²) < 4.78 is 2.05. The summed E-state index contributed by atoms with van der Waals surface area (Å²) in [7, 11) is 0. The number of hydrogen-bond acceptors (Lipinski definition) is 3. The fourth-order valence-corrected chi connectivity index (χ4v) is 3.00. The molecule has 0 bridgehead atoms. The minimum Gasteiger partial charge on any atom is -0.356 e. The van der Waals surface area contributed by atoms with Crippen molar-refractivity contribution in [1.82, 2.24) is 20.2 Å². The summed E-state index contributed by atoms with van der Waals surface area (Å²) in [6.07, 6.45) is 8.68. The lowest BCUT2D eigenvalue weighted by molar-refractivity contribution is -0.122. The van der Waals surface area contributed by atoms with Gasteiger partial charge >= 0.3 is 0 Å². The van der Waals surface area contributed by atoms with Gasteiger partial charge in [-0.25, -0.2) is 4.98 Å². The second-order valence-corrected chi connectivity index (χ2v) is 6.46. The van der Waals surface area contributed by atoms with Gasteiger partial charge in [-0.2, -0.15) is 0 Å². The quantitative estimate of drug-likeness (QED) is 0.803. The van der Waals surface area contributed by atoms with Gasteiger partial charge in [0.15, 0.2) is 0 Å². The first-order valence-electron chi connectivity index (χ1n) is 8.08. The molecule has 1 fully saturated rings. The summed E-state index contributed by atoms with van der Waals surface area (Å²) in [5, 5.41) is 6.50. The minimum atomic E-state index is 0.186. The topological polar surface area (TPSA) is 59.0 Å². The maximum Gasteiger partial charge on any atom is 0.220 e. The number of carbonyl (C=O) groups is 1. The van der Waals surface area contributed by atoms with Crippen molar-refractivity contribution >= 4 is 5.91 Å². The van der Waals surface area contributed by atoms with E-state index in [1.54, 1.807) is 6.20 Å². The van der Waals surface area contributed by atoms with E-state index in [0.717, 1.165) is 26.2 Å². The normalized spacial score (nSPS) is 21.7. The molecular weight excluding hydrogens is 264 g/mol. The molecule has 1 aromatic rings. The molecular formula is C16H28N4O. The molecule has 2 N–H and O–H groups in total. The van der Waals surface area contributed by atoms with Gasteiger partial charge in [0.1, 0.15) is 0 Å². The molecule has 2 rings (SSSR count). The fraction of sp³-hybridized carbons (Fsp3) is 0.750. The average Bonchev–Trinajstić information content (AvgIpc) is 2.99. The Bertz CT molecular complexity index is 412. The van der Waals surface area contributed by atoms with Gasteiger partial charge in [0, 0.05) is 31.9 Å². The first-order chi connectivity index (χ1) is 10.1. The molecule has 0 aromatic carbocycles. The van der Waals surface area contributed by atoms with Crippen molar-refractivity contribution in [3.05, 3.63) is 18.7 Å². The van der Waals surface area contributed by atoms with Crippen molar-refractivity contribution in [3.63, 3.8) is 0 Å². The molecule has 118 valence electrons. The van der Waals surface area contributed by atoms with Crippen LogP contribution < -0.4 is 10.6 Å². The van der Waals surface area contributed by atoms with Crippen LogP contribution in [0.25, 0.3) is 0 Å². The molecule has 21 heavy (non-hydrogen) atoms. The number of hydrogen-bond donors (Lipinski definition) is 2. The Labute approximate surface area is 127 Å². The van der Waals surface area contributed by atoms with Crippen LogP contribution in [0.4, 0.5) is 0 Å². The second kappa shape index (κ2) is 8.17. The molecule has 2 heterocycles. The van der Waals surface area contributed by atoms with E-state index < -0.39 is 0 Å². The van der Waals surface area contributed by atoms with E-state index >= 15 is 0 Å². The van der Waals surface area contributed by atoms with Crippen molar-refractivity contribution < 1.29 is 4.79 Å². The van der Waals surface area contributed by atoms with Gasteiger partial charge in [0.25, 0.3) is 0 Å². The van der Waals surface area contributed by atoms with E-state index in [2.05, 4.69) is 29.5 Å². The van der Waals surface area contributed by atoms with Gasteiger partial charge in [-0.3, -0.25) is 4.79 Å². The van der Waals surface area contributed by atoms with E-state index in [-0.39, 0.29) is 5.91 Å². The molecule has 1 amide bonds. The number of nitrogens with zero attached hydrogens (tertiary/aromatic N) is 2. The minimum absolute atomic E-state index is 0.186. The lowest BCUT2D eigenvalue weighted by Gasteiger charge is -2.28. The number of piperidine rings is 1. The van der Waals surface area contributed by atoms with E-state index in [0.29, 0.717) is 24.2 Å². The van der Waals surface area contributed by atoms with E-state index in [9.17, 15) is 4.79 Å². The molecule has 1 aromatic heterocycles. The van der Waals surface area contributed by atoms with Crippen LogP contribution in [-0.2, 0) is 11.3 Å². The largest absolute Gasteiger partial charge is 0.356 e. The third-order valence-corrected chi connectivity index (χ3v) is 4.38. The van der Waals surface area contributed by atoms with E-state index in [1.165, 1.54) is 12.8 Å². The lowest BCUT2D eigenvalue weighted by Crippen LogP contribution is -2.36. The predicted octanol–water partition coefficient (Wildman–Crippen LogP) is 1.66. The van der Waals surface area contributed by atoms with Crippen LogP contribution in [0.15, 0.2) is 18.7 Å². The fourth-order valence-electron chi connectivity index (χ4n) is 3.00. The molecule has 5 nitrogen and oxygen atoms in total. The van der Waals surface area contributed by atoms with Crippen molar-refractivity contribution in [2.24, 2.45) is 17.8 Å². The zero-order valence-electron chi connectivity index (χ0n) is 13.2. The van der Waals surface area contributed by atoms with Crippen LogP contribution in [-0.4, -0.2) is 35.1 Å². The molecule has 0 spiro atoms. The number of imidazole rings is 1. The third-order valence-electron chi connectivity index (χ3n) is 4.38. The van der Waals surface area contributed by atoms with Crippen molar-refractivity contribution in [2.45, 2.75) is 39.7 Å². The standard InChI is InChI=1S/C16H28N4O/c1-13(11-20-7-6-18-12-20)9-19-16(21)8-14(2)15-4-3-5-17-10-15/h6-7,12-15,17H,3-5,8-11H2,1-2H3,(H,19,21). The number of amides is 1. The van der Waals surface area contributed by atoms with Crippen molar-refractivity contribution in [3.8, 4) is 0 Å². The molecule has 3 atom stereocenters. The van der Waals surface area contributed by atoms with Crippen LogP contribution in [0, 0.1) is 17.8 Å². The van der Waals surface area contributed by atoms with Gasteiger partial charge in [-0.15, -0.1) is 0 Å². The number of rotatable bonds is 7. The molecule has 1 saturated heterocycles. The molecule has 3 unspecified atom stereocenters. The molecule has 0 saturated carbocycles. The number of carbonyl (C=O) groups excluding carboxylic acids is 1. The maximum atomic E-state index is 12.1. The van der Waals surface area contributed by atoms with E-state index in [1.807, 2.05) is 17.1 Å². The summed E-state index contributed by atoms with van der Waals surface area (Å²) in [6.45, 7) is 8.16. The predicted molar refractivity (Wildman–Crippen MR) is 83.8 cm³/mol. The SMILES string of the molecule is CC(CNC(=O)CC(C)C1CCCNC1)Cn1ccnc1. The summed E-state index contributed by atoms with van der Waals surface area (Å²) in [5.41, 5.74) is 0. The van der Waals surface area contributed by atoms with Gasteiger partial charge in [-0.05, 0) is 43.7 Å². The first-order valence-corrected chi connectivity index (χ1v) is 8.08. The molecule has 1 aliphatic heterocycles. The zero-order valence-corrected chi connectivity index (χ0v) is 13.2. The van der Waals surface area contributed by atoms with Gasteiger partial charge < -0.3 is 15.2 Å². The average molecular weight is 292 g/mol. The first kappa shape index (κ1) is 16.0. The summed E-state index contributed by atoms with van der Waals surface area (Å²) >= 11 is 0. The molecule has 0 radical (unpaired) electrons. The molecule has 1 aliphatic rings. The summed E-state index contributed by atoms with van der Waals surface area (Å²) in [5.74, 6) is 1.70. The van der Waals surface area contributed by atoms with Crippen LogP contribution >= 0.6 is 0 Å². The Kier molecular flexibility index (Phi) is 6.23. The third kappa shape index (κ3) is 5.50. The van der Waals surface area contributed by atoms with Crippen molar-refractivity contribution in [2.75, 3.05) is 19.6 Å². The van der Waals surface area contributed by atoms with Gasteiger partial charge in [0.05, 0.1) is 6.33 Å². The number of aromatic nitrogens is 2. The summed E-state index contributed by atoms with van der Waals surface area (Å²) in [4.78, 5) is 16.1.